The summed E-state index contributed by atoms with van der Waals surface area (Å²) in [7, 11) is 0. The topological polar surface area (TPSA) is 38.3 Å². The third kappa shape index (κ3) is 7.42. The van der Waals surface area contributed by atoms with Crippen LogP contribution in [0.25, 0.3) is 0 Å². The first-order chi connectivity index (χ1) is 5.85. The highest BCUT2D eigenvalue weighted by Crippen LogP contribution is 2.21. The van der Waals surface area contributed by atoms with Gasteiger partial charge < -0.3 is 10.1 Å². The minimum atomic E-state index is -4.26. The van der Waals surface area contributed by atoms with Gasteiger partial charge in [0.2, 0.25) is 0 Å². The predicted octanol–water partition coefficient (Wildman–Crippen LogP) is 2.07. The molecule has 0 rings (SSSR count). The Morgan fingerprint density at radius 1 is 1.54 bits per heavy atom. The van der Waals surface area contributed by atoms with E-state index in [1.54, 1.807) is 6.92 Å². The molecule has 0 saturated carbocycles. The summed E-state index contributed by atoms with van der Waals surface area (Å²) in [4.78, 5) is 10.6. The first kappa shape index (κ1) is 12.1. The molecule has 3 nitrogen and oxygen atoms in total. The smallest absolute Gasteiger partial charge is 0.407 e. The van der Waals surface area contributed by atoms with Crippen LogP contribution in [0.2, 0.25) is 0 Å². The molecule has 0 saturated heterocycles. The van der Waals surface area contributed by atoms with E-state index in [0.717, 1.165) is 0 Å². The second-order valence-corrected chi connectivity index (χ2v) is 2.59. The molecule has 1 N–H and O–H groups in total. The van der Waals surface area contributed by atoms with Crippen LogP contribution in [0.1, 0.15) is 20.3 Å². The number of halogens is 3. The van der Waals surface area contributed by atoms with Crippen molar-refractivity contribution >= 4 is 6.09 Å². The van der Waals surface area contributed by atoms with Crippen LogP contribution in [0, 0.1) is 0 Å². The largest absolute Gasteiger partial charge is 0.450 e. The molecule has 6 heteroatoms. The molecule has 0 aromatic carbocycles. The average molecular weight is 199 g/mol. The lowest BCUT2D eigenvalue weighted by Gasteiger charge is -2.14. The fourth-order valence-corrected chi connectivity index (χ4v) is 0.772. The van der Waals surface area contributed by atoms with E-state index in [0.29, 0.717) is 0 Å². The number of carbonyl (C=O) groups is 1. The zero-order valence-corrected chi connectivity index (χ0v) is 7.44. The third-order valence-electron chi connectivity index (χ3n) is 1.18. The van der Waals surface area contributed by atoms with E-state index in [1.165, 1.54) is 6.92 Å². The van der Waals surface area contributed by atoms with Crippen molar-refractivity contribution in [2.24, 2.45) is 0 Å². The summed E-state index contributed by atoms with van der Waals surface area (Å²) in [5.41, 5.74) is 0. The Morgan fingerprint density at radius 3 is 2.46 bits per heavy atom. The Bertz CT molecular complexity index is 170. The normalized spacial score (nSPS) is 13.6. The maximum absolute atomic E-state index is 11.8. The highest BCUT2D eigenvalue weighted by molar-refractivity contribution is 5.67. The minimum absolute atomic E-state index is 0.143. The van der Waals surface area contributed by atoms with Crippen LogP contribution >= 0.6 is 0 Å². The molecule has 13 heavy (non-hydrogen) atoms. The van der Waals surface area contributed by atoms with Crippen LogP contribution < -0.4 is 5.32 Å². The minimum Gasteiger partial charge on any atom is -0.450 e. The van der Waals surface area contributed by atoms with E-state index in [1.807, 2.05) is 0 Å². The monoisotopic (exact) mass is 199 g/mol. The van der Waals surface area contributed by atoms with Crippen molar-refractivity contribution < 1.29 is 22.7 Å². The summed E-state index contributed by atoms with van der Waals surface area (Å²) in [5, 5.41) is 2.06. The fraction of sp³-hybridized carbons (Fsp3) is 0.857. The first-order valence-corrected chi connectivity index (χ1v) is 3.85. The molecule has 0 aliphatic carbocycles. The molecule has 1 atom stereocenters. The van der Waals surface area contributed by atoms with E-state index >= 15 is 0 Å². The average Bonchev–Trinajstić information content (AvgIpc) is 1.81. The number of amides is 1. The summed E-state index contributed by atoms with van der Waals surface area (Å²) in [5.74, 6) is 0. The highest BCUT2D eigenvalue weighted by atomic mass is 19.4. The summed E-state index contributed by atoms with van der Waals surface area (Å²) in [6, 6.07) is -0.959. The quantitative estimate of drug-likeness (QED) is 0.755. The molecular formula is C7H12F3NO2. The molecule has 0 heterocycles. The first-order valence-electron chi connectivity index (χ1n) is 3.85. The second kappa shape index (κ2) is 4.94. The maximum Gasteiger partial charge on any atom is 0.407 e. The number of rotatable bonds is 3. The summed E-state index contributed by atoms with van der Waals surface area (Å²) in [6.07, 6.45) is -6.13. The van der Waals surface area contributed by atoms with E-state index in [2.05, 4.69) is 10.1 Å². The number of alkyl halides is 3. The second-order valence-electron chi connectivity index (χ2n) is 2.59. The molecule has 0 aliphatic heterocycles. The highest BCUT2D eigenvalue weighted by Gasteiger charge is 2.30. The molecule has 78 valence electrons. The number of hydrogen-bond donors (Lipinski definition) is 1. The van der Waals surface area contributed by atoms with Gasteiger partial charge in [-0.25, -0.2) is 4.79 Å². The van der Waals surface area contributed by atoms with Crippen molar-refractivity contribution in [2.45, 2.75) is 32.5 Å². The van der Waals surface area contributed by atoms with Gasteiger partial charge in [0.15, 0.2) is 0 Å². The van der Waals surface area contributed by atoms with Gasteiger partial charge in [0.25, 0.3) is 0 Å². The summed E-state index contributed by atoms with van der Waals surface area (Å²) < 4.78 is 39.7. The Balaban J connectivity index is 3.74. The number of carbonyl (C=O) groups excluding carboxylic acids is 1. The van der Waals surface area contributed by atoms with Crippen molar-refractivity contribution in [3.63, 3.8) is 0 Å². The summed E-state index contributed by atoms with van der Waals surface area (Å²) in [6.45, 7) is 2.99. The molecule has 1 amide bonds. The number of nitrogens with one attached hydrogen (secondary N) is 1. The molecule has 0 aromatic heterocycles. The van der Waals surface area contributed by atoms with Crippen LogP contribution in [0.15, 0.2) is 0 Å². The van der Waals surface area contributed by atoms with Gasteiger partial charge in [-0.05, 0) is 13.8 Å². The van der Waals surface area contributed by atoms with Gasteiger partial charge in [-0.3, -0.25) is 0 Å². The molecule has 0 spiro atoms. The molecule has 1 unspecified atom stereocenters. The zero-order chi connectivity index (χ0) is 10.5. The Hall–Kier alpha value is -0.940. The van der Waals surface area contributed by atoms with Crippen molar-refractivity contribution in [3.05, 3.63) is 0 Å². The van der Waals surface area contributed by atoms with Crippen LogP contribution in [0.5, 0.6) is 0 Å². The van der Waals surface area contributed by atoms with Gasteiger partial charge in [0, 0.05) is 6.04 Å². The molecular weight excluding hydrogens is 187 g/mol. The van der Waals surface area contributed by atoms with Crippen LogP contribution in [0.4, 0.5) is 18.0 Å². The van der Waals surface area contributed by atoms with E-state index in [4.69, 9.17) is 0 Å². The van der Waals surface area contributed by atoms with Gasteiger partial charge in [-0.15, -0.1) is 0 Å². The number of ether oxygens (including phenoxy) is 1. The van der Waals surface area contributed by atoms with Gasteiger partial charge >= 0.3 is 12.3 Å². The molecule has 0 radical (unpaired) electrons. The van der Waals surface area contributed by atoms with Crippen LogP contribution in [-0.2, 0) is 4.74 Å². The Morgan fingerprint density at radius 2 is 2.08 bits per heavy atom. The maximum atomic E-state index is 11.8. The van der Waals surface area contributed by atoms with Crippen molar-refractivity contribution in [1.82, 2.24) is 5.32 Å². The zero-order valence-electron chi connectivity index (χ0n) is 7.44. The van der Waals surface area contributed by atoms with Crippen molar-refractivity contribution in [3.8, 4) is 0 Å². The standard InChI is InChI=1S/C7H12F3NO2/c1-3-13-6(12)11-5(2)4-7(8,9)10/h5H,3-4H2,1-2H3,(H,11,12). The Labute approximate surface area is 74.3 Å². The van der Waals surface area contributed by atoms with E-state index in [9.17, 15) is 18.0 Å². The molecule has 0 bridgehead atoms. The number of hydrogen-bond acceptors (Lipinski definition) is 2. The van der Waals surface area contributed by atoms with Gasteiger partial charge in [0.05, 0.1) is 13.0 Å². The SMILES string of the molecule is CCOC(=O)NC(C)CC(F)(F)F. The van der Waals surface area contributed by atoms with Gasteiger partial charge in [-0.1, -0.05) is 0 Å². The predicted molar refractivity (Wildman–Crippen MR) is 40.3 cm³/mol. The summed E-state index contributed by atoms with van der Waals surface area (Å²) >= 11 is 0. The third-order valence-corrected chi connectivity index (χ3v) is 1.18. The lowest BCUT2D eigenvalue weighted by atomic mass is 10.2. The fourth-order valence-electron chi connectivity index (χ4n) is 0.772. The molecule has 0 fully saturated rings. The van der Waals surface area contributed by atoms with Crippen LogP contribution in [0.3, 0.4) is 0 Å². The molecule has 0 aromatic rings. The molecule has 0 aliphatic rings. The Kier molecular flexibility index (Phi) is 4.58. The van der Waals surface area contributed by atoms with Gasteiger partial charge in [0.1, 0.15) is 0 Å². The van der Waals surface area contributed by atoms with E-state index in [-0.39, 0.29) is 6.61 Å². The number of alkyl carbamates (subject to hydrolysis) is 1. The van der Waals surface area contributed by atoms with Gasteiger partial charge in [-0.2, -0.15) is 13.2 Å². The van der Waals surface area contributed by atoms with E-state index < -0.39 is 24.7 Å². The van der Waals surface area contributed by atoms with Crippen LogP contribution in [-0.4, -0.2) is 24.9 Å². The lowest BCUT2D eigenvalue weighted by Crippen LogP contribution is -2.36. The lowest BCUT2D eigenvalue weighted by molar-refractivity contribution is -0.138. The van der Waals surface area contributed by atoms with Crippen molar-refractivity contribution in [2.75, 3.05) is 6.61 Å². The van der Waals surface area contributed by atoms with Crippen molar-refractivity contribution in [1.29, 1.82) is 0 Å².